The van der Waals surface area contributed by atoms with Gasteiger partial charge >= 0.3 is 0 Å². The maximum atomic E-state index is 5.34. The van der Waals surface area contributed by atoms with Gasteiger partial charge in [-0.1, -0.05) is 12.8 Å². The molecule has 0 amide bonds. The molecule has 68 valence electrons. The van der Waals surface area contributed by atoms with Crippen molar-refractivity contribution in [3.8, 4) is 12.3 Å². The van der Waals surface area contributed by atoms with Gasteiger partial charge in [-0.15, -0.1) is 6.42 Å². The molecule has 0 radical (unpaired) electrons. The van der Waals surface area contributed by atoms with Crippen molar-refractivity contribution in [2.45, 2.75) is 26.3 Å². The highest BCUT2D eigenvalue weighted by atomic mass is 14.9. The summed E-state index contributed by atoms with van der Waals surface area (Å²) in [5.41, 5.74) is 2.04. The third-order valence-corrected chi connectivity index (χ3v) is 1.85. The minimum Gasteiger partial charge on any atom is -0.371 e. The largest absolute Gasteiger partial charge is 0.371 e. The molecule has 0 bridgehead atoms. The Hall–Kier alpha value is -1.49. The minimum absolute atomic E-state index is 0.113. The second-order valence-corrected chi connectivity index (χ2v) is 2.96. The first-order chi connectivity index (χ1) is 6.26. The number of hydrogen-bond acceptors (Lipinski definition) is 2. The molecule has 1 N–H and O–H groups in total. The number of rotatable bonds is 3. The number of anilines is 1. The Labute approximate surface area is 79.4 Å². The van der Waals surface area contributed by atoms with Gasteiger partial charge in [0, 0.05) is 17.6 Å². The van der Waals surface area contributed by atoms with E-state index < -0.39 is 0 Å². The molecule has 2 nitrogen and oxygen atoms in total. The van der Waals surface area contributed by atoms with Crippen molar-refractivity contribution < 1.29 is 0 Å². The van der Waals surface area contributed by atoms with Gasteiger partial charge in [0.2, 0.25) is 0 Å². The van der Waals surface area contributed by atoms with Gasteiger partial charge in [-0.2, -0.15) is 0 Å². The average molecular weight is 174 g/mol. The molecule has 1 unspecified atom stereocenters. The second kappa shape index (κ2) is 4.51. The fraction of sp³-hybridized carbons (Fsp3) is 0.364. The Morgan fingerprint density at radius 2 is 2.46 bits per heavy atom. The molecule has 0 aliphatic carbocycles. The summed E-state index contributed by atoms with van der Waals surface area (Å²) in [6.07, 6.45) is 8.05. The summed E-state index contributed by atoms with van der Waals surface area (Å²) < 4.78 is 0. The number of nitrogens with zero attached hydrogens (tertiary/aromatic N) is 1. The van der Waals surface area contributed by atoms with E-state index >= 15 is 0 Å². The van der Waals surface area contributed by atoms with E-state index in [0.29, 0.717) is 0 Å². The first kappa shape index (κ1) is 9.60. The minimum atomic E-state index is 0.113. The van der Waals surface area contributed by atoms with E-state index in [0.717, 1.165) is 17.8 Å². The van der Waals surface area contributed by atoms with Gasteiger partial charge in [-0.05, 0) is 25.5 Å². The van der Waals surface area contributed by atoms with Crippen LogP contribution in [0, 0.1) is 19.3 Å². The van der Waals surface area contributed by atoms with Crippen molar-refractivity contribution in [2.24, 2.45) is 0 Å². The number of aryl methyl sites for hydroxylation is 1. The molecular weight excluding hydrogens is 160 g/mol. The third kappa shape index (κ3) is 2.79. The number of hydrogen-bond donors (Lipinski definition) is 1. The van der Waals surface area contributed by atoms with Crippen LogP contribution >= 0.6 is 0 Å². The van der Waals surface area contributed by atoms with E-state index in [1.807, 2.05) is 19.1 Å². The molecule has 1 heterocycles. The summed E-state index contributed by atoms with van der Waals surface area (Å²) in [7, 11) is 0. The molecule has 0 aliphatic heterocycles. The summed E-state index contributed by atoms with van der Waals surface area (Å²) in [6, 6.07) is 4.02. The smallest absolute Gasteiger partial charge is 0.0871 e. The van der Waals surface area contributed by atoms with Crippen LogP contribution in [-0.2, 0) is 0 Å². The van der Waals surface area contributed by atoms with Gasteiger partial charge in [-0.25, -0.2) is 0 Å². The highest BCUT2D eigenvalue weighted by Gasteiger charge is 2.00. The number of terminal acetylenes is 1. The molecule has 0 saturated carbocycles. The first-order valence-electron chi connectivity index (χ1n) is 4.41. The van der Waals surface area contributed by atoms with Gasteiger partial charge < -0.3 is 5.32 Å². The molecule has 1 atom stereocenters. The van der Waals surface area contributed by atoms with Gasteiger partial charge in [-0.3, -0.25) is 4.98 Å². The lowest BCUT2D eigenvalue weighted by Gasteiger charge is -2.11. The predicted molar refractivity (Wildman–Crippen MR) is 55.5 cm³/mol. The van der Waals surface area contributed by atoms with E-state index in [2.05, 4.69) is 23.1 Å². The lowest BCUT2D eigenvalue weighted by Crippen LogP contribution is -2.15. The topological polar surface area (TPSA) is 24.9 Å². The summed E-state index contributed by atoms with van der Waals surface area (Å²) in [5, 5.41) is 3.24. The molecule has 1 aromatic rings. The average Bonchev–Trinajstić information content (AvgIpc) is 2.14. The number of nitrogens with one attached hydrogen (secondary N) is 1. The summed E-state index contributed by atoms with van der Waals surface area (Å²) in [5.74, 6) is 2.69. The van der Waals surface area contributed by atoms with Crippen molar-refractivity contribution in [1.29, 1.82) is 0 Å². The SMILES string of the molecule is C#CC(CC)Nc1ccnc(C)c1. The van der Waals surface area contributed by atoms with Crippen LogP contribution in [0.5, 0.6) is 0 Å². The summed E-state index contributed by atoms with van der Waals surface area (Å²) >= 11 is 0. The van der Waals surface area contributed by atoms with Crippen LogP contribution in [0.1, 0.15) is 19.0 Å². The second-order valence-electron chi connectivity index (χ2n) is 2.96. The van der Waals surface area contributed by atoms with Crippen molar-refractivity contribution in [1.82, 2.24) is 4.98 Å². The fourth-order valence-corrected chi connectivity index (χ4v) is 1.10. The number of aromatic nitrogens is 1. The van der Waals surface area contributed by atoms with Crippen LogP contribution < -0.4 is 5.32 Å². The summed E-state index contributed by atoms with van der Waals surface area (Å²) in [6.45, 7) is 4.02. The van der Waals surface area contributed by atoms with Crippen LogP contribution in [0.2, 0.25) is 0 Å². The molecule has 0 spiro atoms. The van der Waals surface area contributed by atoms with Crippen molar-refractivity contribution in [3.63, 3.8) is 0 Å². The van der Waals surface area contributed by atoms with Gasteiger partial charge in [0.05, 0.1) is 6.04 Å². The van der Waals surface area contributed by atoms with Crippen molar-refractivity contribution >= 4 is 5.69 Å². The van der Waals surface area contributed by atoms with E-state index in [4.69, 9.17) is 6.42 Å². The molecule has 0 aromatic carbocycles. The van der Waals surface area contributed by atoms with E-state index in [1.54, 1.807) is 6.20 Å². The molecule has 2 heteroatoms. The summed E-state index contributed by atoms with van der Waals surface area (Å²) in [4.78, 5) is 4.11. The number of pyridine rings is 1. The Balaban J connectivity index is 2.69. The van der Waals surface area contributed by atoms with Gasteiger partial charge in [0.1, 0.15) is 0 Å². The zero-order valence-electron chi connectivity index (χ0n) is 8.04. The lowest BCUT2D eigenvalue weighted by atomic mass is 10.2. The highest BCUT2D eigenvalue weighted by Crippen LogP contribution is 2.09. The van der Waals surface area contributed by atoms with Gasteiger partial charge in [0.15, 0.2) is 0 Å². The molecular formula is C11H14N2. The standard InChI is InChI=1S/C11H14N2/c1-4-10(5-2)13-11-6-7-12-9(3)8-11/h1,6-8,10H,5H2,2-3H3,(H,12,13). The maximum absolute atomic E-state index is 5.34. The zero-order valence-corrected chi connectivity index (χ0v) is 8.04. The molecule has 1 rings (SSSR count). The van der Waals surface area contributed by atoms with Crippen LogP contribution in [0.3, 0.4) is 0 Å². The molecule has 1 aromatic heterocycles. The van der Waals surface area contributed by atoms with E-state index in [-0.39, 0.29) is 6.04 Å². The third-order valence-electron chi connectivity index (χ3n) is 1.85. The Morgan fingerprint density at radius 3 is 3.00 bits per heavy atom. The Morgan fingerprint density at radius 1 is 1.69 bits per heavy atom. The van der Waals surface area contributed by atoms with Crippen molar-refractivity contribution in [2.75, 3.05) is 5.32 Å². The Bertz CT molecular complexity index is 312. The monoisotopic (exact) mass is 174 g/mol. The Kier molecular flexibility index (Phi) is 3.33. The maximum Gasteiger partial charge on any atom is 0.0871 e. The first-order valence-corrected chi connectivity index (χ1v) is 4.41. The normalized spacial score (nSPS) is 11.8. The van der Waals surface area contributed by atoms with Crippen LogP contribution in [0.4, 0.5) is 5.69 Å². The van der Waals surface area contributed by atoms with Crippen LogP contribution in [-0.4, -0.2) is 11.0 Å². The predicted octanol–water partition coefficient (Wildman–Crippen LogP) is 2.21. The fourth-order valence-electron chi connectivity index (χ4n) is 1.10. The lowest BCUT2D eigenvalue weighted by molar-refractivity contribution is 0.857. The zero-order chi connectivity index (χ0) is 9.68. The molecule has 0 fully saturated rings. The molecule has 0 saturated heterocycles. The van der Waals surface area contributed by atoms with E-state index in [1.165, 1.54) is 0 Å². The van der Waals surface area contributed by atoms with Crippen LogP contribution in [0.15, 0.2) is 18.3 Å². The van der Waals surface area contributed by atoms with Crippen molar-refractivity contribution in [3.05, 3.63) is 24.0 Å². The highest BCUT2D eigenvalue weighted by molar-refractivity contribution is 5.45. The van der Waals surface area contributed by atoms with Gasteiger partial charge in [0.25, 0.3) is 0 Å². The molecule has 0 aliphatic rings. The quantitative estimate of drug-likeness (QED) is 0.711. The van der Waals surface area contributed by atoms with E-state index in [9.17, 15) is 0 Å². The molecule has 13 heavy (non-hydrogen) atoms. The van der Waals surface area contributed by atoms with Crippen LogP contribution in [0.25, 0.3) is 0 Å².